The number of halogens is 1. The summed E-state index contributed by atoms with van der Waals surface area (Å²) in [6.45, 7) is 11.9. The van der Waals surface area contributed by atoms with Crippen LogP contribution in [0.1, 0.15) is 105 Å². The summed E-state index contributed by atoms with van der Waals surface area (Å²) in [6, 6.07) is 0. The average molecular weight is 420 g/mol. The molecule has 0 aromatic rings. The van der Waals surface area contributed by atoms with Crippen molar-refractivity contribution in [2.45, 2.75) is 117 Å². The fourth-order valence-electron chi connectivity index (χ4n) is 3.11. The van der Waals surface area contributed by atoms with E-state index in [2.05, 4.69) is 32.7 Å². The molecule has 0 amide bonds. The van der Waals surface area contributed by atoms with Crippen molar-refractivity contribution in [3.63, 3.8) is 0 Å². The predicted octanol–water partition coefficient (Wildman–Crippen LogP) is 6.71. The van der Waals surface area contributed by atoms with Crippen LogP contribution in [-0.4, -0.2) is 17.7 Å². The molecule has 0 radical (unpaired) electrons. The molecule has 0 aliphatic carbocycles. The fourth-order valence-corrected chi connectivity index (χ4v) is 3.11. The molecule has 0 heterocycles. The van der Waals surface area contributed by atoms with E-state index in [9.17, 15) is 4.79 Å². The normalized spacial score (nSPS) is 12.3. The van der Waals surface area contributed by atoms with Gasteiger partial charge in [0.1, 0.15) is 0 Å². The van der Waals surface area contributed by atoms with Gasteiger partial charge < -0.3 is 4.74 Å². The lowest BCUT2D eigenvalue weighted by atomic mass is 9.95. The molecule has 0 fully saturated rings. The van der Waals surface area contributed by atoms with Crippen LogP contribution in [0, 0.1) is 0 Å². The van der Waals surface area contributed by atoms with Gasteiger partial charge in [-0.25, -0.2) is 4.79 Å². The SMILES string of the molecule is Br.C=CC(=O)OC(C)NC(C)(C)CCCCCCCCCCCCC. The lowest BCUT2D eigenvalue weighted by molar-refractivity contribution is -0.144. The summed E-state index contributed by atoms with van der Waals surface area (Å²) >= 11 is 0. The Morgan fingerprint density at radius 1 is 1.00 bits per heavy atom. The van der Waals surface area contributed by atoms with Gasteiger partial charge in [-0.15, -0.1) is 17.0 Å². The minimum Gasteiger partial charge on any atom is -0.444 e. The van der Waals surface area contributed by atoms with Crippen molar-refractivity contribution in [3.05, 3.63) is 12.7 Å². The first-order valence-corrected chi connectivity index (χ1v) is 10.0. The van der Waals surface area contributed by atoms with Gasteiger partial charge in [-0.05, 0) is 27.2 Å². The van der Waals surface area contributed by atoms with Crippen molar-refractivity contribution in [3.8, 4) is 0 Å². The molecule has 25 heavy (non-hydrogen) atoms. The molecular weight excluding hydrogens is 378 g/mol. The van der Waals surface area contributed by atoms with E-state index < -0.39 is 0 Å². The summed E-state index contributed by atoms with van der Waals surface area (Å²) in [5.74, 6) is -0.375. The molecule has 4 heteroatoms. The Labute approximate surface area is 167 Å². The van der Waals surface area contributed by atoms with Crippen LogP contribution in [0.25, 0.3) is 0 Å². The molecule has 1 N–H and O–H groups in total. The maximum absolute atomic E-state index is 11.2. The van der Waals surface area contributed by atoms with Crippen molar-refractivity contribution in [1.82, 2.24) is 5.32 Å². The van der Waals surface area contributed by atoms with E-state index in [4.69, 9.17) is 4.74 Å². The second kappa shape index (κ2) is 17.1. The van der Waals surface area contributed by atoms with Crippen LogP contribution in [0.2, 0.25) is 0 Å². The van der Waals surface area contributed by atoms with E-state index in [1.165, 1.54) is 76.7 Å². The maximum Gasteiger partial charge on any atom is 0.331 e. The predicted molar refractivity (Wildman–Crippen MR) is 114 cm³/mol. The van der Waals surface area contributed by atoms with Gasteiger partial charge in [0.05, 0.1) is 0 Å². The summed E-state index contributed by atoms with van der Waals surface area (Å²) in [5, 5.41) is 3.37. The number of carbonyl (C=O) groups is 1. The summed E-state index contributed by atoms with van der Waals surface area (Å²) in [6.07, 6.45) is 17.0. The van der Waals surface area contributed by atoms with E-state index >= 15 is 0 Å². The molecule has 0 aromatic heterocycles. The van der Waals surface area contributed by atoms with Crippen molar-refractivity contribution in [2.75, 3.05) is 0 Å². The maximum atomic E-state index is 11.2. The summed E-state index contributed by atoms with van der Waals surface area (Å²) in [7, 11) is 0. The molecule has 0 aromatic carbocycles. The lowest BCUT2D eigenvalue weighted by Crippen LogP contribution is -2.46. The minimum absolute atomic E-state index is 0. The molecule has 1 unspecified atom stereocenters. The minimum atomic E-state index is -0.375. The Hall–Kier alpha value is -0.350. The third-order valence-electron chi connectivity index (χ3n) is 4.46. The Bertz CT molecular complexity index is 332. The first-order chi connectivity index (χ1) is 11.4. The van der Waals surface area contributed by atoms with Crippen LogP contribution in [0.5, 0.6) is 0 Å². The Morgan fingerprint density at radius 3 is 1.88 bits per heavy atom. The van der Waals surface area contributed by atoms with E-state index in [1.54, 1.807) is 0 Å². The molecule has 0 aliphatic heterocycles. The molecule has 1 atom stereocenters. The van der Waals surface area contributed by atoms with Crippen molar-refractivity contribution >= 4 is 23.0 Å². The van der Waals surface area contributed by atoms with Gasteiger partial charge in [-0.2, -0.15) is 0 Å². The molecule has 0 bridgehead atoms. The number of carbonyl (C=O) groups excluding carboxylic acids is 1. The molecule has 150 valence electrons. The number of nitrogens with one attached hydrogen (secondary N) is 1. The smallest absolute Gasteiger partial charge is 0.331 e. The van der Waals surface area contributed by atoms with Crippen LogP contribution in [-0.2, 0) is 9.53 Å². The van der Waals surface area contributed by atoms with Crippen LogP contribution in [0.15, 0.2) is 12.7 Å². The standard InChI is InChI=1S/C21H41NO2.BrH/c1-6-8-9-10-11-12-13-14-15-16-17-18-21(4,5)22-19(3)24-20(23)7-2;/h7,19,22H,2,6,8-18H2,1,3-5H3;1H. The number of ether oxygens (including phenoxy) is 1. The molecule has 3 nitrogen and oxygen atoms in total. The van der Waals surface area contributed by atoms with Crippen molar-refractivity contribution in [1.29, 1.82) is 0 Å². The molecular formula is C21H42BrNO2. The molecule has 0 aliphatic rings. The van der Waals surface area contributed by atoms with E-state index in [0.717, 1.165) is 6.42 Å². The average Bonchev–Trinajstić information content (AvgIpc) is 2.51. The number of hydrogen-bond donors (Lipinski definition) is 1. The first kappa shape index (κ1) is 26.9. The van der Waals surface area contributed by atoms with E-state index in [0.29, 0.717) is 0 Å². The van der Waals surface area contributed by atoms with Gasteiger partial charge in [0.2, 0.25) is 0 Å². The summed E-state index contributed by atoms with van der Waals surface area (Å²) in [5.41, 5.74) is -0.0137. The number of rotatable bonds is 16. The Kier molecular flexibility index (Phi) is 18.4. The van der Waals surface area contributed by atoms with Crippen LogP contribution >= 0.6 is 17.0 Å². The molecule has 0 spiro atoms. The Morgan fingerprint density at radius 2 is 1.44 bits per heavy atom. The quantitative estimate of drug-likeness (QED) is 0.131. The highest BCUT2D eigenvalue weighted by Crippen LogP contribution is 2.17. The third-order valence-corrected chi connectivity index (χ3v) is 4.46. The highest BCUT2D eigenvalue weighted by atomic mass is 79.9. The highest BCUT2D eigenvalue weighted by Gasteiger charge is 2.20. The first-order valence-electron chi connectivity index (χ1n) is 10.0. The van der Waals surface area contributed by atoms with Gasteiger partial charge in [0.25, 0.3) is 0 Å². The monoisotopic (exact) mass is 419 g/mol. The molecule has 0 rings (SSSR count). The van der Waals surface area contributed by atoms with E-state index in [1.807, 2.05) is 6.92 Å². The lowest BCUT2D eigenvalue weighted by Gasteiger charge is -2.30. The summed E-state index contributed by atoms with van der Waals surface area (Å²) in [4.78, 5) is 11.2. The van der Waals surface area contributed by atoms with Crippen LogP contribution < -0.4 is 5.32 Å². The highest BCUT2D eigenvalue weighted by molar-refractivity contribution is 8.93. The Balaban J connectivity index is 0. The van der Waals surface area contributed by atoms with Gasteiger partial charge in [-0.1, -0.05) is 84.1 Å². The summed E-state index contributed by atoms with van der Waals surface area (Å²) < 4.78 is 5.17. The van der Waals surface area contributed by atoms with Crippen LogP contribution in [0.4, 0.5) is 0 Å². The van der Waals surface area contributed by atoms with E-state index in [-0.39, 0.29) is 34.7 Å². The third kappa shape index (κ3) is 18.2. The van der Waals surface area contributed by atoms with Gasteiger partial charge >= 0.3 is 5.97 Å². The largest absolute Gasteiger partial charge is 0.444 e. The topological polar surface area (TPSA) is 38.3 Å². The second-order valence-corrected chi connectivity index (χ2v) is 7.60. The zero-order chi connectivity index (χ0) is 18.3. The number of hydrogen-bond acceptors (Lipinski definition) is 3. The number of unbranched alkanes of at least 4 members (excludes halogenated alkanes) is 10. The second-order valence-electron chi connectivity index (χ2n) is 7.60. The molecule has 0 saturated heterocycles. The van der Waals surface area contributed by atoms with Crippen molar-refractivity contribution < 1.29 is 9.53 Å². The zero-order valence-electron chi connectivity index (χ0n) is 17.1. The van der Waals surface area contributed by atoms with Crippen LogP contribution in [0.3, 0.4) is 0 Å². The molecule has 0 saturated carbocycles. The van der Waals surface area contributed by atoms with Gasteiger partial charge in [0, 0.05) is 11.6 Å². The van der Waals surface area contributed by atoms with Gasteiger partial charge in [-0.3, -0.25) is 5.32 Å². The zero-order valence-corrected chi connectivity index (χ0v) is 18.8. The van der Waals surface area contributed by atoms with Gasteiger partial charge in [0.15, 0.2) is 6.23 Å². The number of esters is 1. The fraction of sp³-hybridized carbons (Fsp3) is 0.857. The van der Waals surface area contributed by atoms with Crippen molar-refractivity contribution in [2.24, 2.45) is 0 Å².